The SMILES string of the molecule is COC(=O)c1c(C(=O)N2CCN(C(=O)c3cccc(Cl)c3)C(C)C2)nc(C)nc1C(C)C. The van der Waals surface area contributed by atoms with Gasteiger partial charge in [-0.05, 0) is 38.0 Å². The van der Waals surface area contributed by atoms with Crippen molar-refractivity contribution in [1.82, 2.24) is 19.8 Å². The van der Waals surface area contributed by atoms with Crippen LogP contribution in [-0.4, -0.2) is 70.3 Å². The van der Waals surface area contributed by atoms with Crippen molar-refractivity contribution in [2.24, 2.45) is 0 Å². The molecule has 0 bridgehead atoms. The van der Waals surface area contributed by atoms with Crippen molar-refractivity contribution >= 4 is 29.4 Å². The number of piperazine rings is 1. The third-order valence-electron chi connectivity index (χ3n) is 5.43. The fourth-order valence-corrected chi connectivity index (χ4v) is 4.04. The van der Waals surface area contributed by atoms with Crippen molar-refractivity contribution < 1.29 is 19.1 Å². The Morgan fingerprint density at radius 3 is 2.47 bits per heavy atom. The van der Waals surface area contributed by atoms with Crippen molar-refractivity contribution in [2.45, 2.75) is 39.7 Å². The zero-order valence-corrected chi connectivity index (χ0v) is 19.6. The molecule has 32 heavy (non-hydrogen) atoms. The first-order chi connectivity index (χ1) is 15.1. The highest BCUT2D eigenvalue weighted by Crippen LogP contribution is 2.24. The Kier molecular flexibility index (Phi) is 7.13. The lowest BCUT2D eigenvalue weighted by atomic mass is 10.0. The van der Waals surface area contributed by atoms with Crippen LogP contribution in [0.5, 0.6) is 0 Å². The van der Waals surface area contributed by atoms with E-state index in [9.17, 15) is 14.4 Å². The third kappa shape index (κ3) is 4.75. The first-order valence-electron chi connectivity index (χ1n) is 10.5. The molecule has 2 heterocycles. The molecule has 0 saturated carbocycles. The van der Waals surface area contributed by atoms with Gasteiger partial charge < -0.3 is 14.5 Å². The number of rotatable bonds is 4. The molecule has 1 fully saturated rings. The molecule has 8 nitrogen and oxygen atoms in total. The van der Waals surface area contributed by atoms with Gasteiger partial charge in [-0.3, -0.25) is 9.59 Å². The number of amides is 2. The van der Waals surface area contributed by atoms with E-state index >= 15 is 0 Å². The van der Waals surface area contributed by atoms with Gasteiger partial charge >= 0.3 is 5.97 Å². The molecule has 9 heteroatoms. The smallest absolute Gasteiger partial charge is 0.342 e. The maximum absolute atomic E-state index is 13.4. The molecule has 2 amide bonds. The van der Waals surface area contributed by atoms with Crippen LogP contribution in [-0.2, 0) is 4.74 Å². The Balaban J connectivity index is 1.86. The minimum Gasteiger partial charge on any atom is -0.465 e. The largest absolute Gasteiger partial charge is 0.465 e. The highest BCUT2D eigenvalue weighted by atomic mass is 35.5. The second kappa shape index (κ2) is 9.65. The van der Waals surface area contributed by atoms with E-state index in [1.165, 1.54) is 7.11 Å². The van der Waals surface area contributed by atoms with Crippen molar-refractivity contribution in [1.29, 1.82) is 0 Å². The quantitative estimate of drug-likeness (QED) is 0.652. The molecule has 1 aliphatic heterocycles. The Morgan fingerprint density at radius 1 is 1.16 bits per heavy atom. The number of carbonyl (C=O) groups excluding carboxylic acids is 3. The summed E-state index contributed by atoms with van der Waals surface area (Å²) in [5.74, 6) is -0.836. The Bertz CT molecular complexity index is 1060. The molecule has 0 spiro atoms. The third-order valence-corrected chi connectivity index (χ3v) is 5.67. The number of aryl methyl sites for hydroxylation is 1. The first-order valence-corrected chi connectivity index (χ1v) is 10.8. The van der Waals surface area contributed by atoms with Gasteiger partial charge in [-0.1, -0.05) is 31.5 Å². The van der Waals surface area contributed by atoms with Gasteiger partial charge in [-0.2, -0.15) is 0 Å². The molecule has 1 aliphatic rings. The molecular weight excluding hydrogens is 432 g/mol. The minimum atomic E-state index is -0.639. The molecule has 2 aromatic rings. The average Bonchev–Trinajstić information content (AvgIpc) is 2.76. The monoisotopic (exact) mass is 458 g/mol. The summed E-state index contributed by atoms with van der Waals surface area (Å²) < 4.78 is 4.92. The fraction of sp³-hybridized carbons (Fsp3) is 0.435. The van der Waals surface area contributed by atoms with Crippen LogP contribution >= 0.6 is 11.6 Å². The minimum absolute atomic E-state index is 0.0369. The molecule has 0 aliphatic carbocycles. The second-order valence-electron chi connectivity index (χ2n) is 8.14. The molecule has 1 aromatic carbocycles. The number of ether oxygens (including phenoxy) is 1. The van der Waals surface area contributed by atoms with Gasteiger partial charge in [-0.15, -0.1) is 0 Å². The van der Waals surface area contributed by atoms with E-state index in [1.807, 2.05) is 20.8 Å². The molecular formula is C23H27ClN4O4. The molecule has 1 saturated heterocycles. The summed E-state index contributed by atoms with van der Waals surface area (Å²) in [6.07, 6.45) is 0. The maximum atomic E-state index is 13.4. The molecule has 0 radical (unpaired) electrons. The lowest BCUT2D eigenvalue weighted by molar-refractivity contribution is 0.0408. The number of hydrogen-bond donors (Lipinski definition) is 0. The van der Waals surface area contributed by atoms with Gasteiger partial charge in [0.1, 0.15) is 17.1 Å². The summed E-state index contributed by atoms with van der Waals surface area (Å²) in [5, 5.41) is 0.493. The number of carbonyl (C=O) groups is 3. The van der Waals surface area contributed by atoms with Gasteiger partial charge in [0, 0.05) is 36.3 Å². The summed E-state index contributed by atoms with van der Waals surface area (Å²) in [5.41, 5.74) is 1.12. The Hall–Kier alpha value is -3.00. The van der Waals surface area contributed by atoms with E-state index in [1.54, 1.807) is 41.0 Å². The fourth-order valence-electron chi connectivity index (χ4n) is 3.85. The Labute approximate surface area is 192 Å². The summed E-state index contributed by atoms with van der Waals surface area (Å²) in [6.45, 7) is 8.34. The van der Waals surface area contributed by atoms with E-state index in [2.05, 4.69) is 9.97 Å². The van der Waals surface area contributed by atoms with E-state index < -0.39 is 5.97 Å². The van der Waals surface area contributed by atoms with Crippen LogP contribution in [0.25, 0.3) is 0 Å². The molecule has 1 unspecified atom stereocenters. The zero-order valence-electron chi connectivity index (χ0n) is 18.9. The van der Waals surface area contributed by atoms with Crippen LogP contribution in [0.4, 0.5) is 0 Å². The van der Waals surface area contributed by atoms with Gasteiger partial charge in [0.2, 0.25) is 0 Å². The molecule has 1 atom stereocenters. The molecule has 0 N–H and O–H groups in total. The molecule has 170 valence electrons. The second-order valence-corrected chi connectivity index (χ2v) is 8.57. The summed E-state index contributed by atoms with van der Waals surface area (Å²) >= 11 is 6.02. The topological polar surface area (TPSA) is 92.7 Å². The van der Waals surface area contributed by atoms with Gasteiger partial charge in [0.25, 0.3) is 11.8 Å². The number of aromatic nitrogens is 2. The molecule has 3 rings (SSSR count). The average molecular weight is 459 g/mol. The van der Waals surface area contributed by atoms with Crippen molar-refractivity contribution in [3.8, 4) is 0 Å². The Morgan fingerprint density at radius 2 is 1.88 bits per heavy atom. The van der Waals surface area contributed by atoms with Gasteiger partial charge in [0.05, 0.1) is 12.8 Å². The predicted molar refractivity (Wildman–Crippen MR) is 120 cm³/mol. The molecule has 1 aromatic heterocycles. The first kappa shape index (κ1) is 23.7. The van der Waals surface area contributed by atoms with Gasteiger partial charge in [-0.25, -0.2) is 14.8 Å². The number of benzene rings is 1. The van der Waals surface area contributed by atoms with E-state index in [-0.39, 0.29) is 35.0 Å². The highest BCUT2D eigenvalue weighted by Gasteiger charge is 2.34. The zero-order chi connectivity index (χ0) is 23.6. The van der Waals surface area contributed by atoms with Crippen molar-refractivity contribution in [3.63, 3.8) is 0 Å². The maximum Gasteiger partial charge on any atom is 0.342 e. The number of halogens is 1. The van der Waals surface area contributed by atoms with E-state index in [4.69, 9.17) is 16.3 Å². The number of hydrogen-bond acceptors (Lipinski definition) is 6. The summed E-state index contributed by atoms with van der Waals surface area (Å²) in [4.78, 5) is 50.9. The van der Waals surface area contributed by atoms with Gasteiger partial charge in [0.15, 0.2) is 0 Å². The summed E-state index contributed by atoms with van der Waals surface area (Å²) in [6, 6.07) is 6.57. The normalized spacial score (nSPS) is 16.3. The van der Waals surface area contributed by atoms with Crippen LogP contribution in [0.3, 0.4) is 0 Å². The standard InChI is InChI=1S/C23H27ClN4O4/c1-13(2)19-18(23(31)32-5)20(26-15(4)25-19)22(30)27-9-10-28(14(3)12-27)21(29)16-7-6-8-17(24)11-16/h6-8,11,13-14H,9-10,12H2,1-5H3. The van der Waals surface area contributed by atoms with Crippen LogP contribution in [0.2, 0.25) is 5.02 Å². The van der Waals surface area contributed by atoms with E-state index in [0.29, 0.717) is 41.7 Å². The van der Waals surface area contributed by atoms with Crippen LogP contribution in [0.15, 0.2) is 24.3 Å². The lowest BCUT2D eigenvalue weighted by Crippen LogP contribution is -2.55. The van der Waals surface area contributed by atoms with Crippen molar-refractivity contribution in [3.05, 3.63) is 57.6 Å². The number of methoxy groups -OCH3 is 1. The summed E-state index contributed by atoms with van der Waals surface area (Å²) in [7, 11) is 1.27. The lowest BCUT2D eigenvalue weighted by Gasteiger charge is -2.40. The van der Waals surface area contributed by atoms with Crippen LogP contribution in [0.1, 0.15) is 69.4 Å². The number of esters is 1. The van der Waals surface area contributed by atoms with Crippen LogP contribution in [0, 0.1) is 6.92 Å². The van der Waals surface area contributed by atoms with Crippen LogP contribution < -0.4 is 0 Å². The van der Waals surface area contributed by atoms with Crippen molar-refractivity contribution in [2.75, 3.05) is 26.7 Å². The predicted octanol–water partition coefficient (Wildman–Crippen LogP) is 3.34. The highest BCUT2D eigenvalue weighted by molar-refractivity contribution is 6.31. The number of nitrogens with zero attached hydrogens (tertiary/aromatic N) is 4. The van der Waals surface area contributed by atoms with E-state index in [0.717, 1.165) is 0 Å².